The van der Waals surface area contributed by atoms with Crippen LogP contribution in [0.1, 0.15) is 51.9 Å². The summed E-state index contributed by atoms with van der Waals surface area (Å²) in [6.07, 6.45) is -32.5. The van der Waals surface area contributed by atoms with Gasteiger partial charge in [0.2, 0.25) is 0 Å². The van der Waals surface area contributed by atoms with Gasteiger partial charge < -0.3 is 0 Å². The first-order valence-corrected chi connectivity index (χ1v) is 8.28. The zero-order chi connectivity index (χ0) is 23.5. The van der Waals surface area contributed by atoms with Gasteiger partial charge >= 0.3 is 24.7 Å². The minimum Gasteiger partial charge on any atom is -0.224 e. The maximum atomic E-state index is 13.8. The fraction of sp³-hybridized carbons (Fsp3) is 1.00. The minimum atomic E-state index is -6.32. The summed E-state index contributed by atoms with van der Waals surface area (Å²) in [5.74, 6) is -1.64. The topological polar surface area (TPSA) is 0 Å². The number of rotatable bonds is 9. The first-order chi connectivity index (χ1) is 12.6. The van der Waals surface area contributed by atoms with E-state index in [4.69, 9.17) is 0 Å². The third kappa shape index (κ3) is 6.50. The average molecular weight is 464 g/mol. The number of hydrogen-bond acceptors (Lipinski definition) is 0. The second-order valence-electron chi connectivity index (χ2n) is 6.70. The van der Waals surface area contributed by atoms with Crippen LogP contribution in [0.25, 0.3) is 0 Å². The lowest BCUT2D eigenvalue weighted by Gasteiger charge is -2.33. The van der Waals surface area contributed by atoms with Gasteiger partial charge in [-0.05, 0) is 18.8 Å². The van der Waals surface area contributed by atoms with Gasteiger partial charge in [-0.3, -0.25) is 0 Å². The van der Waals surface area contributed by atoms with E-state index in [1.54, 1.807) is 0 Å². The Bertz CT molecular complexity index is 467. The van der Waals surface area contributed by atoms with Crippen LogP contribution in [0.4, 0.5) is 61.5 Å². The Morgan fingerprint density at radius 1 is 0.517 bits per heavy atom. The smallest absolute Gasteiger partial charge is 0.224 e. The molecular formula is C15H18F14. The maximum Gasteiger partial charge on any atom is 0.431 e. The lowest BCUT2D eigenvalue weighted by Crippen LogP contribution is -2.54. The maximum absolute atomic E-state index is 13.8. The summed E-state index contributed by atoms with van der Waals surface area (Å²) in [6, 6.07) is 0. The fourth-order valence-electron chi connectivity index (χ4n) is 2.79. The summed E-state index contributed by atoms with van der Waals surface area (Å²) >= 11 is 0. The van der Waals surface area contributed by atoms with Crippen LogP contribution in [0.2, 0.25) is 0 Å². The van der Waals surface area contributed by atoms with Crippen molar-refractivity contribution in [1.82, 2.24) is 0 Å². The summed E-state index contributed by atoms with van der Waals surface area (Å²) in [4.78, 5) is 0. The average Bonchev–Trinajstić information content (AvgIpc) is 2.46. The summed E-state index contributed by atoms with van der Waals surface area (Å²) in [7, 11) is 0. The molecule has 0 aliphatic carbocycles. The molecule has 0 radical (unpaired) electrons. The molecule has 0 saturated heterocycles. The van der Waals surface area contributed by atoms with Crippen molar-refractivity contribution in [3.05, 3.63) is 0 Å². The molecule has 0 rings (SSSR count). The molecule has 29 heavy (non-hydrogen) atoms. The molecular weight excluding hydrogens is 446 g/mol. The molecule has 0 fully saturated rings. The Morgan fingerprint density at radius 3 is 1.21 bits per heavy atom. The van der Waals surface area contributed by atoms with Crippen molar-refractivity contribution >= 4 is 0 Å². The van der Waals surface area contributed by atoms with Gasteiger partial charge in [-0.1, -0.05) is 32.6 Å². The minimum absolute atomic E-state index is 0.0192. The van der Waals surface area contributed by atoms with Crippen LogP contribution in [0, 0.1) is 5.92 Å². The highest BCUT2D eigenvalue weighted by Crippen LogP contribution is 2.51. The molecule has 0 aromatic heterocycles. The van der Waals surface area contributed by atoms with E-state index in [1.165, 1.54) is 6.92 Å². The Hall–Kier alpha value is -0.980. The van der Waals surface area contributed by atoms with Gasteiger partial charge in [-0.2, -0.15) is 52.7 Å². The van der Waals surface area contributed by atoms with Crippen molar-refractivity contribution in [1.29, 1.82) is 0 Å². The largest absolute Gasteiger partial charge is 0.431 e. The molecule has 1 unspecified atom stereocenters. The van der Waals surface area contributed by atoms with Gasteiger partial charge in [0, 0.05) is 6.42 Å². The van der Waals surface area contributed by atoms with E-state index in [0.717, 1.165) is 0 Å². The van der Waals surface area contributed by atoms with Crippen molar-refractivity contribution in [2.75, 3.05) is 0 Å². The predicted molar refractivity (Wildman–Crippen MR) is 73.4 cm³/mol. The highest BCUT2D eigenvalue weighted by Gasteiger charge is 2.73. The highest BCUT2D eigenvalue weighted by atomic mass is 19.4. The third-order valence-corrected chi connectivity index (χ3v) is 4.45. The normalized spacial score (nSPS) is 16.2. The Labute approximate surface area is 156 Å². The van der Waals surface area contributed by atoms with Crippen molar-refractivity contribution in [2.24, 2.45) is 5.92 Å². The van der Waals surface area contributed by atoms with Gasteiger partial charge in [0.1, 0.15) is 0 Å². The second-order valence-corrected chi connectivity index (χ2v) is 6.70. The summed E-state index contributed by atoms with van der Waals surface area (Å²) in [6.45, 7) is 1.33. The quantitative estimate of drug-likeness (QED) is 0.240. The van der Waals surface area contributed by atoms with Crippen molar-refractivity contribution in [2.45, 2.75) is 87.9 Å². The van der Waals surface area contributed by atoms with Gasteiger partial charge in [0.25, 0.3) is 11.3 Å². The van der Waals surface area contributed by atoms with Crippen molar-refractivity contribution < 1.29 is 61.5 Å². The second kappa shape index (κ2) is 9.03. The van der Waals surface area contributed by atoms with Crippen molar-refractivity contribution in [3.8, 4) is 0 Å². The van der Waals surface area contributed by atoms with Gasteiger partial charge in [0.15, 0.2) is 0 Å². The van der Waals surface area contributed by atoms with Gasteiger partial charge in [-0.25, -0.2) is 8.78 Å². The number of halogens is 14. The Kier molecular flexibility index (Phi) is 8.72. The monoisotopic (exact) mass is 464 g/mol. The molecule has 0 aromatic carbocycles. The lowest BCUT2D eigenvalue weighted by molar-refractivity contribution is -0.346. The molecule has 0 N–H and O–H groups in total. The number of hydrogen-bond donors (Lipinski definition) is 0. The first kappa shape index (κ1) is 28.0. The van der Waals surface area contributed by atoms with Crippen LogP contribution in [0.3, 0.4) is 0 Å². The zero-order valence-electron chi connectivity index (χ0n) is 14.8. The van der Waals surface area contributed by atoms with Gasteiger partial charge in [0.05, 0.1) is 0 Å². The molecule has 0 spiro atoms. The summed E-state index contributed by atoms with van der Waals surface area (Å²) < 4.78 is 177. The van der Waals surface area contributed by atoms with E-state index in [-0.39, 0.29) is 6.42 Å². The molecule has 0 aromatic rings. The Balaban J connectivity index is 5.22. The standard InChI is InChI=1S/C15H18F14/c1-2-5-9(8-11(17,14(24,25)26)15(27,28)29)6-3-4-7-10(16,12(18,19)20)13(21,22)23/h9H,2-8H2,1H3. The third-order valence-electron chi connectivity index (χ3n) is 4.45. The van der Waals surface area contributed by atoms with Crippen LogP contribution in [-0.2, 0) is 0 Å². The van der Waals surface area contributed by atoms with E-state index in [0.29, 0.717) is 0 Å². The van der Waals surface area contributed by atoms with E-state index in [9.17, 15) is 61.5 Å². The molecule has 0 nitrogen and oxygen atoms in total. The molecule has 1 atom stereocenters. The number of alkyl halides is 14. The molecule has 0 aliphatic rings. The zero-order valence-corrected chi connectivity index (χ0v) is 14.8. The van der Waals surface area contributed by atoms with Gasteiger partial charge in [-0.15, -0.1) is 0 Å². The molecule has 0 amide bonds. The lowest BCUT2D eigenvalue weighted by atomic mass is 9.84. The van der Waals surface area contributed by atoms with Crippen molar-refractivity contribution in [3.63, 3.8) is 0 Å². The van der Waals surface area contributed by atoms with Crippen LogP contribution in [0.15, 0.2) is 0 Å². The molecule has 0 aliphatic heterocycles. The van der Waals surface area contributed by atoms with Crippen LogP contribution in [-0.4, -0.2) is 36.0 Å². The van der Waals surface area contributed by atoms with E-state index in [1.807, 2.05) is 0 Å². The predicted octanol–water partition coefficient (Wildman–Crippen LogP) is 8.02. The molecule has 0 heterocycles. The molecule has 0 saturated carbocycles. The van der Waals surface area contributed by atoms with E-state index >= 15 is 0 Å². The first-order valence-electron chi connectivity index (χ1n) is 8.28. The fourth-order valence-corrected chi connectivity index (χ4v) is 2.79. The molecule has 0 bridgehead atoms. The number of unbranched alkanes of at least 4 members (excludes halogenated alkanes) is 1. The molecule has 14 heteroatoms. The summed E-state index contributed by atoms with van der Waals surface area (Å²) in [5.41, 5.74) is -11.1. The van der Waals surface area contributed by atoms with E-state index in [2.05, 4.69) is 0 Å². The van der Waals surface area contributed by atoms with Crippen LogP contribution < -0.4 is 0 Å². The molecule has 176 valence electrons. The Morgan fingerprint density at radius 2 is 0.897 bits per heavy atom. The SMILES string of the molecule is CCCC(CCCCC(F)(C(F)(F)F)C(F)(F)F)CC(F)(C(F)(F)F)C(F)(F)F. The summed E-state index contributed by atoms with van der Waals surface area (Å²) in [5, 5.41) is 0. The van der Waals surface area contributed by atoms with Crippen LogP contribution >= 0.6 is 0 Å². The van der Waals surface area contributed by atoms with Crippen LogP contribution in [0.5, 0.6) is 0 Å². The highest BCUT2D eigenvalue weighted by molar-refractivity contribution is 4.96. The van der Waals surface area contributed by atoms with E-state index < -0.39 is 80.5 Å².